The number of likely N-dealkylation sites (tertiary alicyclic amines) is 1. The van der Waals surface area contributed by atoms with Crippen LogP contribution in [-0.4, -0.2) is 57.3 Å². The molecule has 0 radical (unpaired) electrons. The van der Waals surface area contributed by atoms with Gasteiger partial charge in [0.05, 0.1) is 24.3 Å². The molecule has 7 heteroatoms. The van der Waals surface area contributed by atoms with E-state index < -0.39 is 0 Å². The lowest BCUT2D eigenvalue weighted by atomic mass is 9.87. The summed E-state index contributed by atoms with van der Waals surface area (Å²) < 4.78 is 21.6. The zero-order chi connectivity index (χ0) is 20.4. The highest BCUT2D eigenvalue weighted by molar-refractivity contribution is 5.77. The number of amides is 1. The average molecular weight is 400 g/mol. The Labute approximate surface area is 171 Å². The maximum Gasteiger partial charge on any atom is 0.225 e. The van der Waals surface area contributed by atoms with Crippen LogP contribution >= 0.6 is 0 Å². The maximum atomic E-state index is 13.5. The normalized spacial score (nSPS) is 20.2. The highest BCUT2D eigenvalue weighted by Gasteiger charge is 2.40. The number of carbonyl (C=O) groups is 1. The number of piperidine rings is 1. The first-order valence-corrected chi connectivity index (χ1v) is 10.3. The van der Waals surface area contributed by atoms with Crippen LogP contribution in [0.4, 0.5) is 4.39 Å². The molecule has 3 heterocycles. The number of aromatic nitrogens is 2. The van der Waals surface area contributed by atoms with Crippen LogP contribution in [0.2, 0.25) is 0 Å². The van der Waals surface area contributed by atoms with Crippen molar-refractivity contribution in [2.45, 2.75) is 44.9 Å². The van der Waals surface area contributed by atoms with Crippen molar-refractivity contribution < 1.29 is 13.9 Å². The highest BCUT2D eigenvalue weighted by atomic mass is 19.1. The van der Waals surface area contributed by atoms with Crippen LogP contribution in [0.5, 0.6) is 0 Å². The molecule has 2 aromatic rings. The summed E-state index contributed by atoms with van der Waals surface area (Å²) in [4.78, 5) is 17.1. The van der Waals surface area contributed by atoms with Gasteiger partial charge in [-0.25, -0.2) is 4.39 Å². The molecule has 0 unspecified atom stereocenters. The minimum absolute atomic E-state index is 0.100. The second kappa shape index (κ2) is 8.24. The number of aryl methyl sites for hydroxylation is 2. The van der Waals surface area contributed by atoms with Gasteiger partial charge in [-0.05, 0) is 37.5 Å². The van der Waals surface area contributed by atoms with E-state index in [0.29, 0.717) is 26.1 Å². The van der Waals surface area contributed by atoms with E-state index in [9.17, 15) is 9.18 Å². The van der Waals surface area contributed by atoms with E-state index in [1.165, 1.54) is 17.7 Å². The lowest BCUT2D eigenvalue weighted by molar-refractivity contribution is -0.136. The smallest absolute Gasteiger partial charge is 0.225 e. The number of halogens is 1. The molecule has 0 aliphatic carbocycles. The minimum Gasteiger partial charge on any atom is -0.373 e. The Hall–Kier alpha value is -2.25. The number of hydrogen-bond acceptors (Lipinski definition) is 4. The lowest BCUT2D eigenvalue weighted by Crippen LogP contribution is -2.47. The molecular formula is C22H29FN4O2. The van der Waals surface area contributed by atoms with Gasteiger partial charge >= 0.3 is 0 Å². The van der Waals surface area contributed by atoms with Crippen molar-refractivity contribution in [1.82, 2.24) is 19.6 Å². The van der Waals surface area contributed by atoms with Gasteiger partial charge in [0, 0.05) is 51.5 Å². The molecule has 0 atom stereocenters. The van der Waals surface area contributed by atoms with Crippen molar-refractivity contribution in [3.05, 3.63) is 53.1 Å². The van der Waals surface area contributed by atoms with E-state index in [1.807, 2.05) is 24.7 Å². The van der Waals surface area contributed by atoms with Crippen molar-refractivity contribution in [2.75, 3.05) is 26.2 Å². The van der Waals surface area contributed by atoms with Crippen LogP contribution in [0.15, 0.2) is 30.5 Å². The molecule has 1 aromatic heterocycles. The summed E-state index contributed by atoms with van der Waals surface area (Å²) in [5, 5.41) is 4.42. The summed E-state index contributed by atoms with van der Waals surface area (Å²) in [6, 6.07) is 6.46. The molecule has 1 aromatic carbocycles. The first kappa shape index (κ1) is 20.0. The lowest BCUT2D eigenvalue weighted by Gasteiger charge is -2.40. The number of benzene rings is 1. The second-order valence-electron chi connectivity index (χ2n) is 8.34. The first-order valence-electron chi connectivity index (χ1n) is 10.3. The summed E-state index contributed by atoms with van der Waals surface area (Å²) >= 11 is 0. The van der Waals surface area contributed by atoms with Crippen LogP contribution in [0, 0.1) is 12.7 Å². The standard InChI is InChI=1S/C22H29FN4O2/c1-17-19(15-25(2)24-17)16-26-8-6-22(7-9-26)13-21(28)27(10-11-29-22)14-18-4-3-5-20(23)12-18/h3-5,12,15H,6-11,13-14,16H2,1-2H3. The quantitative estimate of drug-likeness (QED) is 0.792. The van der Waals surface area contributed by atoms with Crippen LogP contribution in [0.25, 0.3) is 0 Å². The molecule has 29 heavy (non-hydrogen) atoms. The van der Waals surface area contributed by atoms with Crippen molar-refractivity contribution in [3.63, 3.8) is 0 Å². The zero-order valence-electron chi connectivity index (χ0n) is 17.2. The van der Waals surface area contributed by atoms with E-state index >= 15 is 0 Å². The number of nitrogens with zero attached hydrogens (tertiary/aromatic N) is 4. The molecule has 1 amide bonds. The number of hydrogen-bond donors (Lipinski definition) is 0. The third-order valence-electron chi connectivity index (χ3n) is 6.13. The molecule has 0 saturated carbocycles. The fourth-order valence-electron chi connectivity index (χ4n) is 4.44. The predicted molar refractivity (Wildman–Crippen MR) is 108 cm³/mol. The van der Waals surface area contributed by atoms with Gasteiger partial charge in [-0.3, -0.25) is 14.4 Å². The average Bonchev–Trinajstić information content (AvgIpc) is 2.91. The molecule has 0 bridgehead atoms. The van der Waals surface area contributed by atoms with Crippen molar-refractivity contribution in [1.29, 1.82) is 0 Å². The Morgan fingerprint density at radius 2 is 2.00 bits per heavy atom. The van der Waals surface area contributed by atoms with Crippen LogP contribution in [-0.2, 0) is 29.7 Å². The SMILES string of the molecule is Cc1nn(C)cc1CN1CCC2(CC1)CC(=O)N(Cc1cccc(F)c1)CCO2. The van der Waals surface area contributed by atoms with Gasteiger partial charge in [0.25, 0.3) is 0 Å². The van der Waals surface area contributed by atoms with E-state index in [2.05, 4.69) is 16.2 Å². The van der Waals surface area contributed by atoms with Crippen LogP contribution < -0.4 is 0 Å². The summed E-state index contributed by atoms with van der Waals surface area (Å²) in [5.41, 5.74) is 2.77. The third-order valence-corrected chi connectivity index (χ3v) is 6.13. The number of rotatable bonds is 4. The van der Waals surface area contributed by atoms with Gasteiger partial charge in [-0.1, -0.05) is 12.1 Å². The summed E-state index contributed by atoms with van der Waals surface area (Å²) in [7, 11) is 1.95. The highest BCUT2D eigenvalue weighted by Crippen LogP contribution is 2.33. The molecule has 6 nitrogen and oxygen atoms in total. The van der Waals surface area contributed by atoms with Gasteiger partial charge in [0.15, 0.2) is 0 Å². The van der Waals surface area contributed by atoms with E-state index in [-0.39, 0.29) is 17.3 Å². The summed E-state index contributed by atoms with van der Waals surface area (Å²) in [5.74, 6) is -0.169. The molecular weight excluding hydrogens is 371 g/mol. The fourth-order valence-corrected chi connectivity index (χ4v) is 4.44. The predicted octanol–water partition coefficient (Wildman–Crippen LogP) is 2.65. The summed E-state index contributed by atoms with van der Waals surface area (Å²) in [6.07, 6.45) is 4.19. The molecule has 0 N–H and O–H groups in total. The van der Waals surface area contributed by atoms with E-state index in [4.69, 9.17) is 4.74 Å². The Morgan fingerprint density at radius 1 is 1.21 bits per heavy atom. The Kier molecular flexibility index (Phi) is 5.69. The van der Waals surface area contributed by atoms with Gasteiger partial charge < -0.3 is 9.64 Å². The van der Waals surface area contributed by atoms with Crippen LogP contribution in [0.3, 0.4) is 0 Å². The molecule has 156 valence electrons. The van der Waals surface area contributed by atoms with Crippen molar-refractivity contribution in [3.8, 4) is 0 Å². The Bertz CT molecular complexity index is 873. The maximum absolute atomic E-state index is 13.5. The number of ether oxygens (including phenoxy) is 1. The van der Waals surface area contributed by atoms with Gasteiger partial charge in [0.1, 0.15) is 5.82 Å². The largest absolute Gasteiger partial charge is 0.373 e. The van der Waals surface area contributed by atoms with Gasteiger partial charge in [-0.15, -0.1) is 0 Å². The van der Waals surface area contributed by atoms with Crippen molar-refractivity contribution in [2.24, 2.45) is 7.05 Å². The molecule has 2 saturated heterocycles. The first-order chi connectivity index (χ1) is 13.9. The van der Waals surface area contributed by atoms with Crippen molar-refractivity contribution >= 4 is 5.91 Å². The minimum atomic E-state index is -0.367. The molecule has 2 aliphatic heterocycles. The fraction of sp³-hybridized carbons (Fsp3) is 0.545. The molecule has 2 fully saturated rings. The van der Waals surface area contributed by atoms with E-state index in [0.717, 1.165) is 43.7 Å². The van der Waals surface area contributed by atoms with Crippen LogP contribution in [0.1, 0.15) is 36.1 Å². The molecule has 4 rings (SSSR count). The zero-order valence-corrected chi connectivity index (χ0v) is 17.2. The Balaban J connectivity index is 1.35. The van der Waals surface area contributed by atoms with Gasteiger partial charge in [0.2, 0.25) is 5.91 Å². The van der Waals surface area contributed by atoms with E-state index in [1.54, 1.807) is 11.0 Å². The topological polar surface area (TPSA) is 50.6 Å². The molecule has 1 spiro atoms. The number of carbonyl (C=O) groups excluding carboxylic acids is 1. The summed E-state index contributed by atoms with van der Waals surface area (Å²) in [6.45, 7) is 6.26. The molecule has 2 aliphatic rings. The monoisotopic (exact) mass is 400 g/mol. The van der Waals surface area contributed by atoms with Gasteiger partial charge in [-0.2, -0.15) is 5.10 Å². The third kappa shape index (κ3) is 4.67. The Morgan fingerprint density at radius 3 is 2.69 bits per heavy atom. The second-order valence-corrected chi connectivity index (χ2v) is 8.34.